The molecule has 1 aromatic carbocycles. The minimum Gasteiger partial charge on any atom is -0.449 e. The fourth-order valence-electron chi connectivity index (χ4n) is 2.94. The van der Waals surface area contributed by atoms with E-state index in [9.17, 15) is 9.59 Å². The number of carbonyl (C=O) groups excluding carboxylic acids is 2. The molecular weight excluding hydrogens is 382 g/mol. The van der Waals surface area contributed by atoms with Gasteiger partial charge in [0.2, 0.25) is 0 Å². The zero-order valence-electron chi connectivity index (χ0n) is 16.2. The summed E-state index contributed by atoms with van der Waals surface area (Å²) >= 11 is 0. The topological polar surface area (TPSA) is 110 Å². The van der Waals surface area contributed by atoms with Crippen LogP contribution in [-0.4, -0.2) is 37.9 Å². The van der Waals surface area contributed by atoms with E-state index in [1.54, 1.807) is 61.9 Å². The van der Waals surface area contributed by atoms with E-state index in [0.717, 1.165) is 5.56 Å². The number of hydrogen-bond donors (Lipinski definition) is 2. The van der Waals surface area contributed by atoms with Crippen molar-refractivity contribution in [1.29, 1.82) is 0 Å². The molecule has 0 saturated heterocycles. The van der Waals surface area contributed by atoms with Gasteiger partial charge in [0.1, 0.15) is 11.6 Å². The van der Waals surface area contributed by atoms with Crippen LogP contribution in [0.2, 0.25) is 0 Å². The number of fused-ring (bicyclic) bond motifs is 1. The summed E-state index contributed by atoms with van der Waals surface area (Å²) < 4.78 is 5.44. The molecule has 0 fully saturated rings. The van der Waals surface area contributed by atoms with Crippen molar-refractivity contribution in [2.75, 3.05) is 5.32 Å². The molecule has 0 spiro atoms. The number of nitrogens with zero attached hydrogens (tertiary/aromatic N) is 3. The number of H-pyrrole nitrogens is 1. The Balaban J connectivity index is 1.50. The Morgan fingerprint density at radius 1 is 1.13 bits per heavy atom. The number of nitrogens with one attached hydrogen (secondary N) is 2. The van der Waals surface area contributed by atoms with Crippen LogP contribution in [0.4, 0.5) is 5.82 Å². The van der Waals surface area contributed by atoms with Crippen LogP contribution in [0.1, 0.15) is 23.7 Å². The van der Waals surface area contributed by atoms with Crippen LogP contribution in [0.3, 0.4) is 0 Å². The number of anilines is 1. The summed E-state index contributed by atoms with van der Waals surface area (Å²) in [5, 5.41) is 2.65. The highest BCUT2D eigenvalue weighted by Gasteiger charge is 2.23. The summed E-state index contributed by atoms with van der Waals surface area (Å²) in [7, 11) is 0. The van der Waals surface area contributed by atoms with E-state index in [2.05, 4.69) is 25.3 Å². The van der Waals surface area contributed by atoms with E-state index < -0.39 is 18.0 Å². The smallest absolute Gasteiger partial charge is 0.338 e. The standard InChI is InChI=1S/C22H19N5O3/c1-2-18(21(28)27-19-7-3-4-11-24-19)30-22(29)14-8-9-16-17(12-14)26-20(25-16)15-6-5-10-23-13-15/h3-13,18H,2H2,1H3,(H,25,26)(H,24,27,28). The van der Waals surface area contributed by atoms with Gasteiger partial charge < -0.3 is 15.0 Å². The third-order valence-corrected chi connectivity index (χ3v) is 4.48. The van der Waals surface area contributed by atoms with Crippen molar-refractivity contribution >= 4 is 28.7 Å². The highest BCUT2D eigenvalue weighted by Crippen LogP contribution is 2.21. The van der Waals surface area contributed by atoms with E-state index in [1.165, 1.54) is 0 Å². The molecule has 4 aromatic rings. The molecule has 4 rings (SSSR count). The number of rotatable bonds is 6. The van der Waals surface area contributed by atoms with E-state index in [0.29, 0.717) is 34.7 Å². The van der Waals surface area contributed by atoms with Crippen molar-refractivity contribution in [3.8, 4) is 11.4 Å². The van der Waals surface area contributed by atoms with Crippen LogP contribution < -0.4 is 5.32 Å². The van der Waals surface area contributed by atoms with Crippen molar-refractivity contribution < 1.29 is 14.3 Å². The maximum atomic E-state index is 12.6. The summed E-state index contributed by atoms with van der Waals surface area (Å²) in [5.41, 5.74) is 2.57. The summed E-state index contributed by atoms with van der Waals surface area (Å²) in [6, 6.07) is 13.9. The molecule has 0 bridgehead atoms. The Kier molecular flexibility index (Phi) is 5.47. The summed E-state index contributed by atoms with van der Waals surface area (Å²) in [6.45, 7) is 1.77. The fraction of sp³-hybridized carbons (Fsp3) is 0.136. The summed E-state index contributed by atoms with van der Waals surface area (Å²) in [6.07, 6.45) is 4.37. The van der Waals surface area contributed by atoms with Crippen molar-refractivity contribution in [3.05, 3.63) is 72.7 Å². The van der Waals surface area contributed by atoms with E-state index in [-0.39, 0.29) is 0 Å². The third-order valence-electron chi connectivity index (χ3n) is 4.48. The lowest BCUT2D eigenvalue weighted by molar-refractivity contribution is -0.124. The van der Waals surface area contributed by atoms with Crippen LogP contribution in [0, 0.1) is 0 Å². The normalized spacial score (nSPS) is 11.8. The zero-order valence-corrected chi connectivity index (χ0v) is 16.2. The monoisotopic (exact) mass is 401 g/mol. The quantitative estimate of drug-likeness (QED) is 0.478. The SMILES string of the molecule is CCC(OC(=O)c1ccc2nc(-c3cccnc3)[nH]c2c1)C(=O)Nc1ccccn1. The Morgan fingerprint density at radius 3 is 2.77 bits per heavy atom. The fourth-order valence-corrected chi connectivity index (χ4v) is 2.94. The number of imidazole rings is 1. The molecule has 2 N–H and O–H groups in total. The molecule has 3 heterocycles. The van der Waals surface area contributed by atoms with Crippen molar-refractivity contribution in [2.45, 2.75) is 19.4 Å². The molecule has 8 heteroatoms. The lowest BCUT2D eigenvalue weighted by atomic mass is 10.2. The Hall–Kier alpha value is -4.07. The van der Waals surface area contributed by atoms with Crippen molar-refractivity contribution in [2.24, 2.45) is 0 Å². The molecule has 1 amide bonds. The molecule has 0 saturated carbocycles. The number of pyridine rings is 2. The Bertz CT molecular complexity index is 1180. The van der Waals surface area contributed by atoms with Crippen LogP contribution >= 0.6 is 0 Å². The molecule has 1 unspecified atom stereocenters. The number of aromatic nitrogens is 4. The van der Waals surface area contributed by atoms with Gasteiger partial charge >= 0.3 is 5.97 Å². The average molecular weight is 401 g/mol. The molecule has 8 nitrogen and oxygen atoms in total. The van der Waals surface area contributed by atoms with Gasteiger partial charge in [-0.05, 0) is 48.9 Å². The number of amides is 1. The lowest BCUT2D eigenvalue weighted by Gasteiger charge is -2.15. The minimum absolute atomic E-state index is 0.327. The van der Waals surface area contributed by atoms with E-state index in [1.807, 2.05) is 12.1 Å². The second-order valence-electron chi connectivity index (χ2n) is 6.57. The second kappa shape index (κ2) is 8.52. The zero-order chi connectivity index (χ0) is 20.9. The summed E-state index contributed by atoms with van der Waals surface area (Å²) in [5.74, 6) is 0.0482. The maximum absolute atomic E-state index is 12.6. The highest BCUT2D eigenvalue weighted by molar-refractivity contribution is 5.98. The van der Waals surface area contributed by atoms with Gasteiger partial charge in [0.15, 0.2) is 6.10 Å². The van der Waals surface area contributed by atoms with Crippen LogP contribution in [0.25, 0.3) is 22.4 Å². The molecule has 30 heavy (non-hydrogen) atoms. The van der Waals surface area contributed by atoms with Gasteiger partial charge in [-0.1, -0.05) is 13.0 Å². The van der Waals surface area contributed by atoms with Crippen LogP contribution in [0.5, 0.6) is 0 Å². The molecule has 0 aliphatic rings. The predicted molar refractivity (Wildman–Crippen MR) is 112 cm³/mol. The summed E-state index contributed by atoms with van der Waals surface area (Å²) in [4.78, 5) is 40.9. The Morgan fingerprint density at radius 2 is 2.03 bits per heavy atom. The number of ether oxygens (including phenoxy) is 1. The molecule has 1 atom stereocenters. The highest BCUT2D eigenvalue weighted by atomic mass is 16.5. The third kappa shape index (κ3) is 4.17. The van der Waals surface area contributed by atoms with Crippen LogP contribution in [-0.2, 0) is 9.53 Å². The van der Waals surface area contributed by atoms with Crippen molar-refractivity contribution in [3.63, 3.8) is 0 Å². The van der Waals surface area contributed by atoms with Gasteiger partial charge in [0, 0.05) is 24.2 Å². The largest absolute Gasteiger partial charge is 0.449 e. The minimum atomic E-state index is -0.928. The molecule has 0 aliphatic heterocycles. The first-order valence-electron chi connectivity index (χ1n) is 9.47. The molecule has 3 aromatic heterocycles. The molecule has 0 aliphatic carbocycles. The first-order chi connectivity index (χ1) is 14.6. The van der Waals surface area contributed by atoms with Crippen molar-refractivity contribution in [1.82, 2.24) is 19.9 Å². The molecular formula is C22H19N5O3. The second-order valence-corrected chi connectivity index (χ2v) is 6.57. The van der Waals surface area contributed by atoms with Gasteiger partial charge in [0.05, 0.1) is 16.6 Å². The van der Waals surface area contributed by atoms with Gasteiger partial charge in [-0.15, -0.1) is 0 Å². The predicted octanol–water partition coefficient (Wildman–Crippen LogP) is 3.59. The van der Waals surface area contributed by atoms with Gasteiger partial charge in [-0.2, -0.15) is 0 Å². The Labute approximate surface area is 172 Å². The number of aromatic amines is 1. The number of hydrogen-bond acceptors (Lipinski definition) is 6. The van der Waals surface area contributed by atoms with Gasteiger partial charge in [-0.25, -0.2) is 14.8 Å². The molecule has 0 radical (unpaired) electrons. The molecule has 150 valence electrons. The first-order valence-corrected chi connectivity index (χ1v) is 9.47. The van der Waals surface area contributed by atoms with Gasteiger partial charge in [0.25, 0.3) is 5.91 Å². The van der Waals surface area contributed by atoms with Gasteiger partial charge in [-0.3, -0.25) is 9.78 Å². The van der Waals surface area contributed by atoms with E-state index >= 15 is 0 Å². The van der Waals surface area contributed by atoms with Crippen LogP contribution in [0.15, 0.2) is 67.1 Å². The lowest BCUT2D eigenvalue weighted by Crippen LogP contribution is -2.32. The van der Waals surface area contributed by atoms with E-state index in [4.69, 9.17) is 4.74 Å². The average Bonchev–Trinajstić information content (AvgIpc) is 3.22. The number of benzene rings is 1. The number of esters is 1. The maximum Gasteiger partial charge on any atom is 0.338 e. The first kappa shape index (κ1) is 19.3. The number of carbonyl (C=O) groups is 2.